The molecule has 0 saturated carbocycles. The van der Waals surface area contributed by atoms with Gasteiger partial charge < -0.3 is 10.4 Å². The van der Waals surface area contributed by atoms with Gasteiger partial charge in [0, 0.05) is 12.2 Å². The highest BCUT2D eigenvalue weighted by molar-refractivity contribution is 5.46. The lowest BCUT2D eigenvalue weighted by Gasteiger charge is -2.25. The number of anilines is 1. The third kappa shape index (κ3) is 3.32. The van der Waals surface area contributed by atoms with Crippen LogP contribution in [0.25, 0.3) is 0 Å². The van der Waals surface area contributed by atoms with E-state index in [1.165, 1.54) is 6.07 Å². The first kappa shape index (κ1) is 13.6. The first-order valence-corrected chi connectivity index (χ1v) is 6.27. The Kier molecular flexibility index (Phi) is 3.86. The lowest BCUT2D eigenvalue weighted by Crippen LogP contribution is -2.30. The molecule has 0 amide bonds. The van der Waals surface area contributed by atoms with Crippen molar-refractivity contribution >= 4 is 5.69 Å². The summed E-state index contributed by atoms with van der Waals surface area (Å²) in [6.07, 6.45) is 0. The van der Waals surface area contributed by atoms with Crippen molar-refractivity contribution in [2.24, 2.45) is 0 Å². The topological polar surface area (TPSA) is 32.3 Å². The Morgan fingerprint density at radius 2 is 1.84 bits per heavy atom. The highest BCUT2D eigenvalue weighted by Crippen LogP contribution is 2.21. The van der Waals surface area contributed by atoms with Crippen LogP contribution in [0, 0.1) is 12.7 Å². The van der Waals surface area contributed by atoms with Crippen molar-refractivity contribution in [1.29, 1.82) is 0 Å². The molecule has 0 radical (unpaired) electrons. The second kappa shape index (κ2) is 5.41. The zero-order chi connectivity index (χ0) is 13.9. The number of nitrogens with one attached hydrogen (secondary N) is 1. The highest BCUT2D eigenvalue weighted by atomic mass is 19.1. The number of rotatable bonds is 4. The fourth-order valence-electron chi connectivity index (χ4n) is 1.93. The molecule has 100 valence electrons. The Balaban J connectivity index is 2.07. The molecule has 0 spiro atoms. The Labute approximate surface area is 112 Å². The average Bonchev–Trinajstić information content (AvgIpc) is 2.41. The molecule has 0 aliphatic rings. The normalized spacial score (nSPS) is 13.9. The van der Waals surface area contributed by atoms with Crippen LogP contribution in [0.2, 0.25) is 0 Å². The van der Waals surface area contributed by atoms with Gasteiger partial charge in [-0.2, -0.15) is 0 Å². The van der Waals surface area contributed by atoms with Gasteiger partial charge in [-0.15, -0.1) is 0 Å². The first-order valence-electron chi connectivity index (χ1n) is 6.27. The fraction of sp³-hybridized carbons (Fsp3) is 0.250. The van der Waals surface area contributed by atoms with Crippen LogP contribution in [0.3, 0.4) is 0 Å². The lowest BCUT2D eigenvalue weighted by atomic mass is 9.96. The van der Waals surface area contributed by atoms with Gasteiger partial charge in [0.15, 0.2) is 0 Å². The summed E-state index contributed by atoms with van der Waals surface area (Å²) >= 11 is 0. The molecule has 1 unspecified atom stereocenters. The van der Waals surface area contributed by atoms with Gasteiger partial charge in [0.05, 0.1) is 0 Å². The van der Waals surface area contributed by atoms with Crippen molar-refractivity contribution in [2.45, 2.75) is 19.4 Å². The van der Waals surface area contributed by atoms with Crippen molar-refractivity contribution in [3.8, 4) is 0 Å². The van der Waals surface area contributed by atoms with Crippen LogP contribution in [0.4, 0.5) is 10.1 Å². The Morgan fingerprint density at radius 3 is 2.47 bits per heavy atom. The molecule has 3 heteroatoms. The number of hydrogen-bond donors (Lipinski definition) is 2. The van der Waals surface area contributed by atoms with Crippen LogP contribution in [0.5, 0.6) is 0 Å². The molecule has 2 nitrogen and oxygen atoms in total. The standard InChI is InChI=1S/C16H18FNO/c1-12-10-14(8-9-15(12)17)18-11-16(2,19)13-6-4-3-5-7-13/h3-10,18-19H,11H2,1-2H3. The molecule has 2 N–H and O–H groups in total. The second-order valence-corrected chi connectivity index (χ2v) is 4.96. The van der Waals surface area contributed by atoms with Crippen molar-refractivity contribution < 1.29 is 9.50 Å². The van der Waals surface area contributed by atoms with E-state index in [1.807, 2.05) is 30.3 Å². The predicted molar refractivity (Wildman–Crippen MR) is 75.6 cm³/mol. The van der Waals surface area contributed by atoms with E-state index in [0.717, 1.165) is 11.3 Å². The molecule has 0 aliphatic heterocycles. The predicted octanol–water partition coefficient (Wildman–Crippen LogP) is 3.45. The summed E-state index contributed by atoms with van der Waals surface area (Å²) < 4.78 is 13.2. The second-order valence-electron chi connectivity index (χ2n) is 4.96. The number of benzene rings is 2. The molecule has 0 saturated heterocycles. The molecule has 2 aromatic rings. The molecular weight excluding hydrogens is 241 g/mol. The van der Waals surface area contributed by atoms with Gasteiger partial charge >= 0.3 is 0 Å². The van der Waals surface area contributed by atoms with E-state index in [-0.39, 0.29) is 5.82 Å². The smallest absolute Gasteiger partial charge is 0.126 e. The van der Waals surface area contributed by atoms with Gasteiger partial charge in [-0.1, -0.05) is 30.3 Å². The minimum atomic E-state index is -0.969. The third-order valence-electron chi connectivity index (χ3n) is 3.19. The van der Waals surface area contributed by atoms with Gasteiger partial charge in [0.2, 0.25) is 0 Å². The number of aryl methyl sites for hydroxylation is 1. The lowest BCUT2D eigenvalue weighted by molar-refractivity contribution is 0.0715. The average molecular weight is 259 g/mol. The van der Waals surface area contributed by atoms with Crippen LogP contribution >= 0.6 is 0 Å². The molecule has 0 fully saturated rings. The van der Waals surface area contributed by atoms with E-state index in [0.29, 0.717) is 12.1 Å². The van der Waals surface area contributed by atoms with E-state index in [1.54, 1.807) is 26.0 Å². The summed E-state index contributed by atoms with van der Waals surface area (Å²) in [5.41, 5.74) is 1.27. The van der Waals surface area contributed by atoms with Crippen molar-refractivity contribution in [1.82, 2.24) is 0 Å². The number of hydrogen-bond acceptors (Lipinski definition) is 2. The van der Waals surface area contributed by atoms with Gasteiger partial charge in [-0.25, -0.2) is 4.39 Å². The summed E-state index contributed by atoms with van der Waals surface area (Å²) in [6, 6.07) is 14.3. The summed E-state index contributed by atoms with van der Waals surface area (Å²) in [5.74, 6) is -0.222. The minimum Gasteiger partial charge on any atom is -0.384 e. The Bertz CT molecular complexity index is 552. The van der Waals surface area contributed by atoms with Crippen molar-refractivity contribution in [3.63, 3.8) is 0 Å². The molecular formula is C16H18FNO. The van der Waals surface area contributed by atoms with Crippen molar-refractivity contribution in [3.05, 3.63) is 65.5 Å². The van der Waals surface area contributed by atoms with E-state index < -0.39 is 5.60 Å². The van der Waals surface area contributed by atoms with Crippen LogP contribution in [0.1, 0.15) is 18.1 Å². The largest absolute Gasteiger partial charge is 0.384 e. The monoisotopic (exact) mass is 259 g/mol. The minimum absolute atomic E-state index is 0.222. The van der Waals surface area contributed by atoms with Gasteiger partial charge in [0.1, 0.15) is 11.4 Å². The quantitative estimate of drug-likeness (QED) is 0.881. The van der Waals surface area contributed by atoms with E-state index in [2.05, 4.69) is 5.32 Å². The van der Waals surface area contributed by atoms with E-state index >= 15 is 0 Å². The summed E-state index contributed by atoms with van der Waals surface area (Å²) in [4.78, 5) is 0. The van der Waals surface area contributed by atoms with Crippen LogP contribution in [0.15, 0.2) is 48.5 Å². The molecule has 0 aliphatic carbocycles. The maximum absolute atomic E-state index is 13.2. The van der Waals surface area contributed by atoms with Crippen LogP contribution < -0.4 is 5.32 Å². The van der Waals surface area contributed by atoms with Crippen LogP contribution in [-0.2, 0) is 5.60 Å². The molecule has 0 aromatic heterocycles. The molecule has 0 bridgehead atoms. The van der Waals surface area contributed by atoms with Gasteiger partial charge in [0.25, 0.3) is 0 Å². The SMILES string of the molecule is Cc1cc(NCC(C)(O)c2ccccc2)ccc1F. The Hall–Kier alpha value is -1.87. The Morgan fingerprint density at radius 1 is 1.16 bits per heavy atom. The molecule has 19 heavy (non-hydrogen) atoms. The summed E-state index contributed by atoms with van der Waals surface area (Å²) in [7, 11) is 0. The molecule has 1 atom stereocenters. The summed E-state index contributed by atoms with van der Waals surface area (Å²) in [6.45, 7) is 3.84. The van der Waals surface area contributed by atoms with Crippen LogP contribution in [-0.4, -0.2) is 11.7 Å². The number of aliphatic hydroxyl groups is 1. The maximum atomic E-state index is 13.2. The fourth-order valence-corrected chi connectivity index (χ4v) is 1.93. The molecule has 2 rings (SSSR count). The first-order chi connectivity index (χ1) is 8.99. The highest BCUT2D eigenvalue weighted by Gasteiger charge is 2.22. The van der Waals surface area contributed by atoms with Gasteiger partial charge in [-0.05, 0) is 43.2 Å². The van der Waals surface area contributed by atoms with E-state index in [9.17, 15) is 9.50 Å². The van der Waals surface area contributed by atoms with Gasteiger partial charge in [-0.3, -0.25) is 0 Å². The maximum Gasteiger partial charge on any atom is 0.126 e. The van der Waals surface area contributed by atoms with Crippen molar-refractivity contribution in [2.75, 3.05) is 11.9 Å². The summed E-state index contributed by atoms with van der Waals surface area (Å²) in [5, 5.41) is 13.6. The zero-order valence-corrected chi connectivity index (χ0v) is 11.2. The zero-order valence-electron chi connectivity index (χ0n) is 11.2. The van der Waals surface area contributed by atoms with E-state index in [4.69, 9.17) is 0 Å². The molecule has 0 heterocycles. The third-order valence-corrected chi connectivity index (χ3v) is 3.19. The number of halogens is 1. The molecule has 2 aromatic carbocycles.